The number of pyridine rings is 1. The molecular weight excluding hydrogens is 297 g/mol. The number of likely N-dealkylation sites (tertiary alicyclic amines) is 1. The number of hydrogen-bond acceptors (Lipinski definition) is 3. The van der Waals surface area contributed by atoms with Gasteiger partial charge in [-0.3, -0.25) is 9.78 Å². The molecule has 4 nitrogen and oxygen atoms in total. The summed E-state index contributed by atoms with van der Waals surface area (Å²) >= 11 is 0. The maximum atomic E-state index is 12.4. The van der Waals surface area contributed by atoms with Gasteiger partial charge in [-0.2, -0.15) is 13.2 Å². The molecule has 1 aromatic rings. The van der Waals surface area contributed by atoms with Crippen molar-refractivity contribution in [2.45, 2.75) is 25.1 Å². The monoisotopic (exact) mass is 314 g/mol. The molecule has 2 rings (SSSR count). The van der Waals surface area contributed by atoms with Gasteiger partial charge >= 0.3 is 6.18 Å². The maximum Gasteiger partial charge on any atom is 0.414 e. The summed E-state index contributed by atoms with van der Waals surface area (Å²) in [6, 6.07) is 5.30. The van der Waals surface area contributed by atoms with Crippen molar-refractivity contribution in [1.29, 1.82) is 0 Å². The molecular formula is C15H17F3N2O2. The largest absolute Gasteiger partial charge is 0.414 e. The summed E-state index contributed by atoms with van der Waals surface area (Å²) in [5.41, 5.74) is 0.637. The van der Waals surface area contributed by atoms with Gasteiger partial charge in [0.15, 0.2) is 6.10 Å². The molecule has 1 aromatic heterocycles. The van der Waals surface area contributed by atoms with Gasteiger partial charge in [0.05, 0.1) is 5.69 Å². The summed E-state index contributed by atoms with van der Waals surface area (Å²) in [5.74, 6) is -1.10. The number of aromatic nitrogens is 1. The van der Waals surface area contributed by atoms with E-state index in [4.69, 9.17) is 0 Å². The highest BCUT2D eigenvalue weighted by Crippen LogP contribution is 2.31. The number of halogens is 3. The fraction of sp³-hybridized carbons (Fsp3) is 0.467. The van der Waals surface area contributed by atoms with Crippen molar-refractivity contribution in [1.82, 2.24) is 9.88 Å². The summed E-state index contributed by atoms with van der Waals surface area (Å²) in [4.78, 5) is 17.5. The highest BCUT2D eigenvalue weighted by Gasteiger charge is 2.44. The van der Waals surface area contributed by atoms with Crippen molar-refractivity contribution in [3.05, 3.63) is 36.2 Å². The smallest absolute Gasteiger partial charge is 0.383 e. The Hall–Kier alpha value is -1.89. The Kier molecular flexibility index (Phi) is 5.18. The lowest BCUT2D eigenvalue weighted by Crippen LogP contribution is -2.44. The van der Waals surface area contributed by atoms with Crippen LogP contribution in [0.5, 0.6) is 0 Å². The highest BCUT2D eigenvalue weighted by molar-refractivity contribution is 5.91. The number of aliphatic hydroxyl groups is 1. The molecule has 120 valence electrons. The Balaban J connectivity index is 1.86. The number of alkyl halides is 3. The second-order valence-electron chi connectivity index (χ2n) is 5.24. The van der Waals surface area contributed by atoms with Crippen molar-refractivity contribution in [3.63, 3.8) is 0 Å². The van der Waals surface area contributed by atoms with Gasteiger partial charge < -0.3 is 10.0 Å². The number of carbonyl (C=O) groups is 1. The van der Waals surface area contributed by atoms with Crippen molar-refractivity contribution >= 4 is 12.0 Å². The Bertz CT molecular complexity index is 523. The first kappa shape index (κ1) is 16.5. The van der Waals surface area contributed by atoms with Crippen molar-refractivity contribution in [3.8, 4) is 0 Å². The Morgan fingerprint density at radius 3 is 2.59 bits per heavy atom. The number of carbonyl (C=O) groups excluding carboxylic acids is 1. The molecule has 1 fully saturated rings. The number of piperidine rings is 1. The zero-order chi connectivity index (χ0) is 16.2. The van der Waals surface area contributed by atoms with E-state index in [-0.39, 0.29) is 31.8 Å². The van der Waals surface area contributed by atoms with Gasteiger partial charge in [0.1, 0.15) is 0 Å². The van der Waals surface area contributed by atoms with E-state index >= 15 is 0 Å². The minimum atomic E-state index is -4.60. The van der Waals surface area contributed by atoms with Crippen LogP contribution in [-0.4, -0.2) is 46.3 Å². The number of nitrogens with zero attached hydrogens (tertiary/aromatic N) is 2. The maximum absolute atomic E-state index is 12.4. The van der Waals surface area contributed by atoms with Gasteiger partial charge in [0.2, 0.25) is 5.91 Å². The zero-order valence-corrected chi connectivity index (χ0v) is 11.8. The Labute approximate surface area is 126 Å². The molecule has 1 unspecified atom stereocenters. The number of amides is 1. The summed E-state index contributed by atoms with van der Waals surface area (Å²) in [6.07, 6.45) is -2.09. The van der Waals surface area contributed by atoms with E-state index in [2.05, 4.69) is 4.98 Å². The van der Waals surface area contributed by atoms with Crippen molar-refractivity contribution < 1.29 is 23.1 Å². The molecule has 0 radical (unpaired) electrons. The lowest BCUT2D eigenvalue weighted by atomic mass is 9.91. The van der Waals surface area contributed by atoms with Crippen LogP contribution >= 0.6 is 0 Å². The molecule has 22 heavy (non-hydrogen) atoms. The zero-order valence-electron chi connectivity index (χ0n) is 11.8. The van der Waals surface area contributed by atoms with E-state index in [1.807, 2.05) is 0 Å². The average molecular weight is 314 g/mol. The topological polar surface area (TPSA) is 53.4 Å². The van der Waals surface area contributed by atoms with Crippen molar-refractivity contribution in [2.24, 2.45) is 5.92 Å². The van der Waals surface area contributed by atoms with Crippen LogP contribution in [0.25, 0.3) is 6.08 Å². The van der Waals surface area contributed by atoms with Gasteiger partial charge in [0.25, 0.3) is 0 Å². The fourth-order valence-corrected chi connectivity index (χ4v) is 2.44. The summed E-state index contributed by atoms with van der Waals surface area (Å²) in [7, 11) is 0. The van der Waals surface area contributed by atoms with Crippen LogP contribution < -0.4 is 0 Å². The first-order chi connectivity index (χ1) is 10.4. The van der Waals surface area contributed by atoms with Gasteiger partial charge in [-0.1, -0.05) is 6.07 Å². The third-order valence-corrected chi connectivity index (χ3v) is 3.72. The Morgan fingerprint density at radius 2 is 2.05 bits per heavy atom. The van der Waals surface area contributed by atoms with E-state index in [1.54, 1.807) is 30.5 Å². The summed E-state index contributed by atoms with van der Waals surface area (Å²) < 4.78 is 37.3. The third kappa shape index (κ3) is 4.30. The molecule has 1 amide bonds. The first-order valence-corrected chi connectivity index (χ1v) is 7.01. The molecule has 1 aliphatic heterocycles. The normalized spacial score (nSPS) is 18.6. The average Bonchev–Trinajstić information content (AvgIpc) is 2.52. The van der Waals surface area contributed by atoms with E-state index in [1.165, 1.54) is 11.0 Å². The minimum absolute atomic E-state index is 0.143. The van der Waals surface area contributed by atoms with Crippen LogP contribution in [0.1, 0.15) is 18.5 Å². The number of rotatable bonds is 3. The lowest BCUT2D eigenvalue weighted by Gasteiger charge is -2.34. The molecule has 0 aliphatic carbocycles. The van der Waals surface area contributed by atoms with Crippen LogP contribution in [0, 0.1) is 5.92 Å². The summed E-state index contributed by atoms with van der Waals surface area (Å²) in [5, 5.41) is 9.24. The molecule has 0 saturated carbocycles. The van der Waals surface area contributed by atoms with Crippen molar-refractivity contribution in [2.75, 3.05) is 13.1 Å². The van der Waals surface area contributed by atoms with Crippen LogP contribution in [0.15, 0.2) is 30.5 Å². The van der Waals surface area contributed by atoms with E-state index in [0.29, 0.717) is 5.69 Å². The minimum Gasteiger partial charge on any atom is -0.383 e. The molecule has 2 heterocycles. The predicted molar refractivity (Wildman–Crippen MR) is 74.6 cm³/mol. The van der Waals surface area contributed by atoms with Gasteiger partial charge in [0, 0.05) is 25.4 Å². The predicted octanol–water partition coefficient (Wildman–Crippen LogP) is 2.26. The van der Waals surface area contributed by atoms with Crippen LogP contribution in [-0.2, 0) is 4.79 Å². The molecule has 1 atom stereocenters. The van der Waals surface area contributed by atoms with Crippen LogP contribution in [0.2, 0.25) is 0 Å². The molecule has 7 heteroatoms. The third-order valence-electron chi connectivity index (χ3n) is 3.72. The SMILES string of the molecule is O=C(/C=C/c1ccccn1)N1CCC(C(O)C(F)(F)F)CC1. The quantitative estimate of drug-likeness (QED) is 0.871. The highest BCUT2D eigenvalue weighted by atomic mass is 19.4. The standard InChI is InChI=1S/C15H17F3N2O2/c16-15(17,18)14(22)11-6-9-20(10-7-11)13(21)5-4-12-3-1-2-8-19-12/h1-5,8,11,14,22H,6-7,9-10H2/b5-4+. The molecule has 0 bridgehead atoms. The second-order valence-corrected chi connectivity index (χ2v) is 5.24. The van der Waals surface area contributed by atoms with Gasteiger partial charge in [-0.15, -0.1) is 0 Å². The second kappa shape index (κ2) is 6.91. The summed E-state index contributed by atoms with van der Waals surface area (Å²) in [6.45, 7) is 0.423. The lowest BCUT2D eigenvalue weighted by molar-refractivity contribution is -0.222. The molecule has 1 saturated heterocycles. The Morgan fingerprint density at radius 1 is 1.36 bits per heavy atom. The van der Waals surface area contributed by atoms with Gasteiger partial charge in [-0.25, -0.2) is 0 Å². The molecule has 1 aliphatic rings. The molecule has 0 spiro atoms. The first-order valence-electron chi connectivity index (χ1n) is 7.01. The van der Waals surface area contributed by atoms with E-state index in [9.17, 15) is 23.1 Å². The van der Waals surface area contributed by atoms with E-state index in [0.717, 1.165) is 0 Å². The fourth-order valence-electron chi connectivity index (χ4n) is 2.44. The molecule has 1 N–H and O–H groups in total. The van der Waals surface area contributed by atoms with E-state index < -0.39 is 18.2 Å². The van der Waals surface area contributed by atoms with Crippen LogP contribution in [0.4, 0.5) is 13.2 Å². The molecule has 0 aromatic carbocycles. The van der Waals surface area contributed by atoms with Crippen LogP contribution in [0.3, 0.4) is 0 Å². The number of aliphatic hydroxyl groups excluding tert-OH is 1. The van der Waals surface area contributed by atoms with Gasteiger partial charge in [-0.05, 0) is 37.0 Å². The number of hydrogen-bond donors (Lipinski definition) is 1.